The molecule has 3 heteroatoms. The van der Waals surface area contributed by atoms with E-state index in [0.29, 0.717) is 0 Å². The molecule has 0 aliphatic carbocycles. The number of hydrogen-bond donors (Lipinski definition) is 0. The number of hydrogen-bond acceptors (Lipinski definition) is 1. The Kier molecular flexibility index (Phi) is 1.62. The highest BCUT2D eigenvalue weighted by Gasteiger charge is 2.17. The average Bonchev–Trinajstić information content (AvgIpc) is 2.47. The summed E-state index contributed by atoms with van der Waals surface area (Å²) < 4.78 is 1.86. The Labute approximate surface area is 77.4 Å². The fraction of sp³-hybridized carbons (Fsp3) is 0.400. The van der Waals surface area contributed by atoms with E-state index in [2.05, 4.69) is 36.9 Å². The highest BCUT2D eigenvalue weighted by molar-refractivity contribution is 5.31. The molecule has 13 heavy (non-hydrogen) atoms. The van der Waals surface area contributed by atoms with E-state index in [0.717, 1.165) is 11.3 Å². The van der Waals surface area contributed by atoms with Crippen LogP contribution in [0.2, 0.25) is 0 Å². The van der Waals surface area contributed by atoms with Crippen molar-refractivity contribution in [2.24, 2.45) is 0 Å². The van der Waals surface area contributed by atoms with Crippen molar-refractivity contribution in [3.63, 3.8) is 0 Å². The van der Waals surface area contributed by atoms with Crippen molar-refractivity contribution in [3.8, 4) is 0 Å². The van der Waals surface area contributed by atoms with Gasteiger partial charge in [0, 0.05) is 11.5 Å². The maximum absolute atomic E-state index is 4.49. The highest BCUT2D eigenvalue weighted by atomic mass is 15.2. The van der Waals surface area contributed by atoms with Crippen molar-refractivity contribution >= 4 is 5.65 Å². The molecule has 0 spiro atoms. The fourth-order valence-electron chi connectivity index (χ4n) is 1.26. The molecule has 1 N–H and O–H groups in total. The Morgan fingerprint density at radius 2 is 2.08 bits per heavy atom. The molecule has 0 unspecified atom stereocenters. The second kappa shape index (κ2) is 2.55. The Morgan fingerprint density at radius 1 is 1.31 bits per heavy atom. The van der Waals surface area contributed by atoms with Gasteiger partial charge < -0.3 is 0 Å². The minimum atomic E-state index is 0.110. The van der Waals surface area contributed by atoms with E-state index in [-0.39, 0.29) is 5.41 Å². The molecule has 2 aromatic rings. The molecule has 0 fully saturated rings. The van der Waals surface area contributed by atoms with Crippen molar-refractivity contribution in [1.29, 1.82) is 0 Å². The van der Waals surface area contributed by atoms with E-state index < -0.39 is 0 Å². The SMILES string of the molecule is CC(C)(C)c1ccc2[nH+]ccn2n1. The molecule has 0 aromatic carbocycles. The van der Waals surface area contributed by atoms with Gasteiger partial charge in [-0.15, -0.1) is 4.52 Å². The molecule has 2 heterocycles. The molecule has 0 amide bonds. The van der Waals surface area contributed by atoms with Crippen LogP contribution in [0, 0.1) is 0 Å². The van der Waals surface area contributed by atoms with Gasteiger partial charge in [0.25, 0.3) is 0 Å². The average molecular weight is 176 g/mol. The summed E-state index contributed by atoms with van der Waals surface area (Å²) in [6.07, 6.45) is 3.80. The first-order chi connectivity index (χ1) is 6.07. The molecule has 0 aliphatic heterocycles. The number of aromatic nitrogens is 3. The number of imidazole rings is 1. The first-order valence-electron chi connectivity index (χ1n) is 4.44. The summed E-state index contributed by atoms with van der Waals surface area (Å²) in [6.45, 7) is 6.48. The summed E-state index contributed by atoms with van der Waals surface area (Å²) in [4.78, 5) is 3.10. The number of nitrogens with zero attached hydrogens (tertiary/aromatic N) is 2. The first-order valence-corrected chi connectivity index (χ1v) is 4.44. The van der Waals surface area contributed by atoms with E-state index in [1.54, 1.807) is 0 Å². The summed E-state index contributed by atoms with van der Waals surface area (Å²) in [6, 6.07) is 4.11. The van der Waals surface area contributed by atoms with Crippen LogP contribution >= 0.6 is 0 Å². The lowest BCUT2D eigenvalue weighted by Crippen LogP contribution is -2.15. The lowest BCUT2D eigenvalue weighted by atomic mass is 9.92. The second-order valence-electron chi connectivity index (χ2n) is 4.26. The number of rotatable bonds is 0. The topological polar surface area (TPSA) is 31.4 Å². The van der Waals surface area contributed by atoms with Crippen LogP contribution in [0.1, 0.15) is 26.5 Å². The first kappa shape index (κ1) is 8.23. The lowest BCUT2D eigenvalue weighted by molar-refractivity contribution is -0.344. The van der Waals surface area contributed by atoms with Crippen LogP contribution in [0.25, 0.3) is 5.65 Å². The van der Waals surface area contributed by atoms with Crippen LogP contribution in [0.15, 0.2) is 24.5 Å². The third kappa shape index (κ3) is 1.41. The van der Waals surface area contributed by atoms with Crippen molar-refractivity contribution in [2.45, 2.75) is 26.2 Å². The summed E-state index contributed by atoms with van der Waals surface area (Å²) in [5.74, 6) is 0. The molecular formula is C10H14N3+. The third-order valence-corrected chi connectivity index (χ3v) is 2.08. The van der Waals surface area contributed by atoms with Crippen LogP contribution in [0.5, 0.6) is 0 Å². The Hall–Kier alpha value is -1.38. The normalized spacial score (nSPS) is 12.2. The van der Waals surface area contributed by atoms with Crippen molar-refractivity contribution < 1.29 is 4.98 Å². The minimum Gasteiger partial charge on any atom is -0.242 e. The summed E-state index contributed by atoms with van der Waals surface area (Å²) in [5.41, 5.74) is 2.23. The zero-order valence-corrected chi connectivity index (χ0v) is 8.20. The zero-order valence-electron chi connectivity index (χ0n) is 8.20. The summed E-state index contributed by atoms with van der Waals surface area (Å²) in [7, 11) is 0. The molecule has 3 nitrogen and oxygen atoms in total. The molecule has 0 bridgehead atoms. The lowest BCUT2D eigenvalue weighted by Gasteiger charge is -2.14. The van der Waals surface area contributed by atoms with Crippen LogP contribution in [-0.4, -0.2) is 9.61 Å². The zero-order chi connectivity index (χ0) is 9.47. The molecule has 0 saturated heterocycles. The molecule has 0 saturated carbocycles. The van der Waals surface area contributed by atoms with E-state index in [1.165, 1.54) is 0 Å². The molecule has 2 rings (SSSR count). The number of fused-ring (bicyclic) bond motifs is 1. The number of nitrogens with one attached hydrogen (secondary N) is 1. The van der Waals surface area contributed by atoms with Gasteiger partial charge in [-0.05, 0) is 6.07 Å². The van der Waals surface area contributed by atoms with E-state index in [1.807, 2.05) is 23.0 Å². The second-order valence-corrected chi connectivity index (χ2v) is 4.26. The van der Waals surface area contributed by atoms with Gasteiger partial charge in [0.05, 0.1) is 5.69 Å². The Morgan fingerprint density at radius 3 is 2.77 bits per heavy atom. The largest absolute Gasteiger partial charge is 0.304 e. The summed E-state index contributed by atoms with van der Waals surface area (Å²) >= 11 is 0. The van der Waals surface area contributed by atoms with Gasteiger partial charge in [-0.25, -0.2) is 4.98 Å². The predicted octanol–water partition coefficient (Wildman–Crippen LogP) is 1.45. The number of aromatic amines is 1. The van der Waals surface area contributed by atoms with Gasteiger partial charge >= 0.3 is 5.65 Å². The van der Waals surface area contributed by atoms with Crippen LogP contribution < -0.4 is 4.98 Å². The molecule has 68 valence electrons. The van der Waals surface area contributed by atoms with E-state index in [4.69, 9.17) is 0 Å². The fourth-order valence-corrected chi connectivity index (χ4v) is 1.26. The molecule has 0 aliphatic rings. The molecule has 0 radical (unpaired) electrons. The monoisotopic (exact) mass is 176 g/mol. The van der Waals surface area contributed by atoms with Crippen molar-refractivity contribution in [1.82, 2.24) is 9.61 Å². The van der Waals surface area contributed by atoms with Crippen LogP contribution in [0.3, 0.4) is 0 Å². The van der Waals surface area contributed by atoms with Gasteiger partial charge in [0.1, 0.15) is 6.20 Å². The maximum Gasteiger partial charge on any atom is 0.304 e. The Balaban J connectivity index is 2.61. The minimum absolute atomic E-state index is 0.110. The van der Waals surface area contributed by atoms with Gasteiger partial charge in [0.2, 0.25) is 0 Å². The molecule has 0 atom stereocenters. The van der Waals surface area contributed by atoms with Gasteiger partial charge in [0.15, 0.2) is 6.20 Å². The highest BCUT2D eigenvalue weighted by Crippen LogP contribution is 2.18. The summed E-state index contributed by atoms with van der Waals surface area (Å²) in [5, 5.41) is 4.49. The van der Waals surface area contributed by atoms with Crippen molar-refractivity contribution in [2.75, 3.05) is 0 Å². The van der Waals surface area contributed by atoms with Gasteiger partial charge in [-0.2, -0.15) is 0 Å². The van der Waals surface area contributed by atoms with E-state index in [9.17, 15) is 0 Å². The van der Waals surface area contributed by atoms with Gasteiger partial charge in [-0.1, -0.05) is 25.9 Å². The van der Waals surface area contributed by atoms with Crippen LogP contribution in [-0.2, 0) is 5.41 Å². The van der Waals surface area contributed by atoms with Crippen molar-refractivity contribution in [3.05, 3.63) is 30.2 Å². The predicted molar refractivity (Wildman–Crippen MR) is 50.4 cm³/mol. The van der Waals surface area contributed by atoms with E-state index >= 15 is 0 Å². The quantitative estimate of drug-likeness (QED) is 0.597. The van der Waals surface area contributed by atoms with Gasteiger partial charge in [-0.3, -0.25) is 0 Å². The van der Waals surface area contributed by atoms with Crippen LogP contribution in [0.4, 0.5) is 0 Å². The molecule has 2 aromatic heterocycles. The standard InChI is InChI=1S/C10H13N3/c1-10(2,3)8-4-5-9-11-6-7-13(9)12-8/h4-7H,1-3H3/p+1. The maximum atomic E-state index is 4.49. The Bertz CT molecular complexity index is 423. The number of H-pyrrole nitrogens is 1. The molecular weight excluding hydrogens is 162 g/mol. The smallest absolute Gasteiger partial charge is 0.242 e. The third-order valence-electron chi connectivity index (χ3n) is 2.08.